The van der Waals surface area contributed by atoms with E-state index in [2.05, 4.69) is 15.6 Å². The molecule has 0 aliphatic carbocycles. The van der Waals surface area contributed by atoms with Gasteiger partial charge in [0.2, 0.25) is 5.55 Å². The van der Waals surface area contributed by atoms with E-state index < -0.39 is 5.63 Å². The molecule has 0 amide bonds. The smallest absolute Gasteiger partial charge is 0.361 e. The number of oxazole rings is 1. The van der Waals surface area contributed by atoms with Gasteiger partial charge in [-0.05, 0) is 41.3 Å². The second-order valence-electron chi connectivity index (χ2n) is 8.61. The van der Waals surface area contributed by atoms with Crippen LogP contribution in [0.1, 0.15) is 11.1 Å². The van der Waals surface area contributed by atoms with Gasteiger partial charge in [0.25, 0.3) is 11.4 Å². The zero-order valence-corrected chi connectivity index (χ0v) is 23.3. The molecule has 2 aromatic carbocycles. The average molecular weight is 572 g/mol. The predicted octanol–water partition coefficient (Wildman–Crippen LogP) is 4.98. The van der Waals surface area contributed by atoms with Crippen LogP contribution in [-0.2, 0) is 7.05 Å². The van der Waals surface area contributed by atoms with E-state index in [-0.39, 0.29) is 44.6 Å². The van der Waals surface area contributed by atoms with Crippen LogP contribution in [0, 0.1) is 52.5 Å². The van der Waals surface area contributed by atoms with Crippen molar-refractivity contribution in [2.45, 2.75) is 0 Å². The zero-order chi connectivity index (χ0) is 31.9. The summed E-state index contributed by atoms with van der Waals surface area (Å²) in [5.41, 5.74) is 1.02. The molecule has 1 heterocycles. The van der Waals surface area contributed by atoms with Crippen LogP contribution in [0.3, 0.4) is 0 Å². The molecule has 0 aliphatic rings. The van der Waals surface area contributed by atoms with Crippen molar-refractivity contribution in [3.63, 3.8) is 0 Å². The normalized spacial score (nSPS) is 13.1. The molecule has 0 atom stereocenters. The molecule has 0 spiro atoms. The number of benzene rings is 2. The molecular formula is C35H21N7O2. The van der Waals surface area contributed by atoms with Gasteiger partial charge in [0.05, 0.1) is 36.9 Å². The number of nitriles is 3. The molecule has 1 aromatic heterocycles. The largest absolute Gasteiger partial charge is 0.405 e. The Kier molecular flexibility index (Phi) is 11.1. The molecule has 3 aromatic rings. The van der Waals surface area contributed by atoms with E-state index in [4.69, 9.17) is 23.0 Å². The Morgan fingerprint density at radius 3 is 1.93 bits per heavy atom. The molecule has 0 fully saturated rings. The first-order valence-electron chi connectivity index (χ1n) is 12.7. The first-order chi connectivity index (χ1) is 21.4. The predicted molar refractivity (Wildman–Crippen MR) is 166 cm³/mol. The summed E-state index contributed by atoms with van der Waals surface area (Å²) in [5, 5.41) is 36.6. The molecule has 0 radical (unpaired) electrons. The average Bonchev–Trinajstić information content (AvgIpc) is 3.33. The van der Waals surface area contributed by atoms with Crippen molar-refractivity contribution in [1.29, 1.82) is 21.2 Å². The molecule has 44 heavy (non-hydrogen) atoms. The molecule has 0 saturated carbocycles. The van der Waals surface area contributed by atoms with E-state index in [9.17, 15) is 20.6 Å². The molecule has 1 N–H and O–H groups in total. The van der Waals surface area contributed by atoms with Crippen LogP contribution in [-0.4, -0.2) is 10.4 Å². The Labute approximate surface area is 253 Å². The van der Waals surface area contributed by atoms with Crippen molar-refractivity contribution in [2.75, 3.05) is 0 Å². The fourth-order valence-corrected chi connectivity index (χ4v) is 4.01. The van der Waals surface area contributed by atoms with Crippen LogP contribution in [0.25, 0.3) is 33.0 Å². The van der Waals surface area contributed by atoms with E-state index in [0.29, 0.717) is 11.1 Å². The van der Waals surface area contributed by atoms with Crippen molar-refractivity contribution >= 4 is 29.2 Å². The monoisotopic (exact) mass is 571 g/mol. The molecule has 9 nitrogen and oxygen atoms in total. The van der Waals surface area contributed by atoms with Crippen LogP contribution < -0.4 is 16.5 Å². The maximum Gasteiger partial charge on any atom is 0.361 e. The van der Waals surface area contributed by atoms with Gasteiger partial charge in [-0.1, -0.05) is 78.9 Å². The van der Waals surface area contributed by atoms with E-state index >= 15 is 0 Å². The summed E-state index contributed by atoms with van der Waals surface area (Å²) in [5.74, 6) is 2.27. The van der Waals surface area contributed by atoms with Gasteiger partial charge in [0, 0.05) is 23.8 Å². The number of hydrogen-bond acceptors (Lipinski definition) is 6. The summed E-state index contributed by atoms with van der Waals surface area (Å²) >= 11 is 0. The van der Waals surface area contributed by atoms with Gasteiger partial charge in [-0.25, -0.2) is 25.0 Å². The number of hydrogen-bond donors (Lipinski definition) is 1. The van der Waals surface area contributed by atoms with Crippen LogP contribution in [0.2, 0.25) is 0 Å². The Morgan fingerprint density at radius 2 is 1.41 bits per heavy atom. The van der Waals surface area contributed by atoms with Crippen LogP contribution >= 0.6 is 0 Å². The zero-order valence-electron chi connectivity index (χ0n) is 23.3. The van der Waals surface area contributed by atoms with Crippen molar-refractivity contribution < 1.29 is 4.42 Å². The highest BCUT2D eigenvalue weighted by molar-refractivity contribution is 5.94. The number of rotatable bonds is 8. The highest BCUT2D eigenvalue weighted by Crippen LogP contribution is 2.28. The van der Waals surface area contributed by atoms with E-state index in [1.807, 2.05) is 18.2 Å². The molecule has 0 bridgehead atoms. The lowest BCUT2D eigenvalue weighted by Gasteiger charge is -2.07. The summed E-state index contributed by atoms with van der Waals surface area (Å²) in [6, 6.07) is 23.1. The summed E-state index contributed by atoms with van der Waals surface area (Å²) in [4.78, 5) is 19.1. The summed E-state index contributed by atoms with van der Waals surface area (Å²) < 4.78 is 6.84. The summed E-state index contributed by atoms with van der Waals surface area (Å²) in [6.45, 7) is 14.7. The number of nitrogens with zero attached hydrogens (tertiary/aromatic N) is 6. The third-order valence-electron chi connectivity index (χ3n) is 6.06. The third kappa shape index (κ3) is 7.30. The SMILES string of the molecule is [C-]#[N+]C(C#N)=C(C(=C=N)C=CC=c1c(=O)oc(=CC=CC=C(C#N)C(=C(C#N)[N+]#[C-])c2ccccc2)n1C)c1ccccc1. The molecule has 0 saturated heterocycles. The first-order valence-corrected chi connectivity index (χ1v) is 12.7. The van der Waals surface area contributed by atoms with E-state index in [1.54, 1.807) is 73.8 Å². The molecule has 208 valence electrons. The van der Waals surface area contributed by atoms with Crippen molar-refractivity contribution in [2.24, 2.45) is 7.05 Å². The standard InChI is InChI=1S/C35H21N7O2/c1-40-29(23-38)33(25-13-6-4-7-14-25)27(21-36)17-10-11-20-32-42(3)31(35(43)44-32)19-12-18-28(22-37)34(30(24-39)41-2)26-15-8-5-9-16-26/h4-20,37H,3H3. The lowest BCUT2D eigenvalue weighted by atomic mass is 9.96. The first kappa shape index (κ1) is 31.3. The molecule has 0 aliphatic heterocycles. The number of aromatic nitrogens is 1. The minimum absolute atomic E-state index is 0.109. The minimum Gasteiger partial charge on any atom is -0.405 e. The number of allylic oxidation sites excluding steroid dienone is 11. The van der Waals surface area contributed by atoms with Crippen molar-refractivity contribution in [1.82, 2.24) is 4.57 Å². The van der Waals surface area contributed by atoms with Gasteiger partial charge in [0.15, 0.2) is 0 Å². The van der Waals surface area contributed by atoms with Gasteiger partial charge in [-0.3, -0.25) is 5.41 Å². The highest BCUT2D eigenvalue weighted by atomic mass is 16.4. The lowest BCUT2D eigenvalue weighted by Crippen LogP contribution is -2.29. The van der Waals surface area contributed by atoms with Crippen molar-refractivity contribution in [3.8, 4) is 18.2 Å². The van der Waals surface area contributed by atoms with Gasteiger partial charge in [-0.15, -0.1) is 0 Å². The molecule has 9 heteroatoms. The van der Waals surface area contributed by atoms with Gasteiger partial charge >= 0.3 is 5.63 Å². The second-order valence-corrected chi connectivity index (χ2v) is 8.61. The van der Waals surface area contributed by atoms with Crippen LogP contribution in [0.15, 0.2) is 123 Å². The fraction of sp³-hybridized carbons (Fsp3) is 0.0286. The molecular weight excluding hydrogens is 550 g/mol. The lowest BCUT2D eigenvalue weighted by molar-refractivity contribution is 0.472. The van der Waals surface area contributed by atoms with Crippen LogP contribution in [0.5, 0.6) is 0 Å². The third-order valence-corrected chi connectivity index (χ3v) is 6.06. The van der Waals surface area contributed by atoms with Gasteiger partial charge < -0.3 is 8.98 Å². The Morgan fingerprint density at radius 1 is 0.841 bits per heavy atom. The van der Waals surface area contributed by atoms with E-state index in [1.165, 1.54) is 41.0 Å². The fourth-order valence-electron chi connectivity index (χ4n) is 4.01. The number of nitrogens with one attached hydrogen (secondary N) is 1. The second kappa shape index (κ2) is 15.5. The van der Waals surface area contributed by atoms with Crippen LogP contribution in [0.4, 0.5) is 0 Å². The maximum absolute atomic E-state index is 12.6. The van der Waals surface area contributed by atoms with E-state index in [0.717, 1.165) is 0 Å². The quantitative estimate of drug-likeness (QED) is 0.176. The topological polar surface area (TPSA) is 139 Å². The van der Waals surface area contributed by atoms with Gasteiger partial charge in [-0.2, -0.15) is 5.26 Å². The minimum atomic E-state index is -0.631. The molecule has 0 unspecified atom stereocenters. The van der Waals surface area contributed by atoms with Gasteiger partial charge in [0.1, 0.15) is 5.35 Å². The summed E-state index contributed by atoms with van der Waals surface area (Å²) in [7, 11) is 1.61. The Hall–Kier alpha value is -7.21. The summed E-state index contributed by atoms with van der Waals surface area (Å²) in [6.07, 6.45) is 10.5. The Balaban J connectivity index is 1.99. The maximum atomic E-state index is 12.6. The highest BCUT2D eigenvalue weighted by Gasteiger charge is 2.14. The molecule has 3 rings (SSSR count). The Bertz CT molecular complexity index is 2150. The van der Waals surface area contributed by atoms with Crippen molar-refractivity contribution in [3.05, 3.63) is 169 Å².